The molecule has 0 spiro atoms. The number of nitrogens with zero attached hydrogens (tertiary/aromatic N) is 1. The van der Waals surface area contributed by atoms with E-state index < -0.39 is 83.8 Å². The van der Waals surface area contributed by atoms with Crippen molar-refractivity contribution in [1.29, 1.82) is 0 Å². The Morgan fingerprint density at radius 3 is 1.55 bits per heavy atom. The van der Waals surface area contributed by atoms with Crippen LogP contribution in [0.3, 0.4) is 0 Å². The predicted octanol–water partition coefficient (Wildman–Crippen LogP) is 5.89. The van der Waals surface area contributed by atoms with E-state index in [1.54, 1.807) is 50.1 Å². The molecule has 0 fully saturated rings. The molecule has 0 unspecified atom stereocenters. The average molecular weight is 672 g/mol. The number of anilines is 1. The lowest BCUT2D eigenvalue weighted by Gasteiger charge is -2.23. The summed E-state index contributed by atoms with van der Waals surface area (Å²) < 4.78 is 194. The summed E-state index contributed by atoms with van der Waals surface area (Å²) in [6, 6.07) is 5.39. The smallest absolute Gasteiger partial charge is 0.347 e. The monoisotopic (exact) mass is 671 g/mol. The molecular weight excluding hydrogens is 653 g/mol. The predicted molar refractivity (Wildman–Crippen MR) is 131 cm³/mol. The van der Waals surface area contributed by atoms with Crippen LogP contribution in [0.2, 0.25) is 0 Å². The number of rotatable bonds is 5. The molecule has 0 saturated carbocycles. The quantitative estimate of drug-likeness (QED) is 0.365. The number of benzene rings is 2. The van der Waals surface area contributed by atoms with Gasteiger partial charge in [-0.05, 0) is 29.8 Å². The van der Waals surface area contributed by atoms with Crippen LogP contribution in [0.25, 0.3) is 6.08 Å². The molecular formula is C23H18F9NO6S3. The highest BCUT2D eigenvalue weighted by molar-refractivity contribution is 7.94. The second-order valence-corrected chi connectivity index (χ2v) is 15.1. The highest BCUT2D eigenvalue weighted by atomic mass is 32.2. The fourth-order valence-electron chi connectivity index (χ4n) is 4.26. The number of para-hydroxylation sites is 1. The molecule has 2 aromatic rings. The zero-order chi connectivity index (χ0) is 32.5. The summed E-state index contributed by atoms with van der Waals surface area (Å²) in [5.74, 6) is 0. The van der Waals surface area contributed by atoms with Crippen molar-refractivity contribution in [3.63, 3.8) is 0 Å². The third kappa shape index (κ3) is 5.29. The van der Waals surface area contributed by atoms with Crippen molar-refractivity contribution in [2.24, 2.45) is 0 Å². The number of halogens is 9. The Labute approximate surface area is 233 Å². The van der Waals surface area contributed by atoms with Crippen LogP contribution in [0.5, 0.6) is 0 Å². The van der Waals surface area contributed by atoms with Crippen molar-refractivity contribution in [3.05, 3.63) is 65.4 Å². The van der Waals surface area contributed by atoms with Crippen molar-refractivity contribution < 1.29 is 64.8 Å². The fraction of sp³-hybridized carbons (Fsp3) is 0.304. The standard InChI is InChI=1S/C23H18F9NO6S3/c1-20(2)15-8-4-5-9-16(15)33(3)19(20)10-6-7-14-17(41(36,37)22(27,28)29)11-13(40(34,35)21(24,25)26)12-18(14)42(38,39)23(30,31)32/h4-12H,1-3H3/b7-6+,19-10-. The van der Waals surface area contributed by atoms with Crippen molar-refractivity contribution in [2.75, 3.05) is 11.9 Å². The van der Waals surface area contributed by atoms with Gasteiger partial charge in [0.05, 0.1) is 14.7 Å². The van der Waals surface area contributed by atoms with E-state index in [2.05, 4.69) is 0 Å². The molecule has 0 N–H and O–H groups in total. The maximum absolute atomic E-state index is 13.5. The number of sulfone groups is 3. The molecule has 1 heterocycles. The number of alkyl halides is 9. The van der Waals surface area contributed by atoms with Gasteiger partial charge in [-0.3, -0.25) is 0 Å². The summed E-state index contributed by atoms with van der Waals surface area (Å²) in [7, 11) is -19.2. The van der Waals surface area contributed by atoms with E-state index in [-0.39, 0.29) is 6.08 Å². The minimum atomic E-state index is -6.94. The molecule has 232 valence electrons. The Morgan fingerprint density at radius 1 is 0.714 bits per heavy atom. The topological polar surface area (TPSA) is 106 Å². The normalized spacial score (nSPS) is 17.7. The van der Waals surface area contributed by atoms with Gasteiger partial charge < -0.3 is 4.90 Å². The Balaban J connectivity index is 2.47. The van der Waals surface area contributed by atoms with Crippen molar-refractivity contribution in [1.82, 2.24) is 0 Å². The molecule has 1 aliphatic heterocycles. The van der Waals surface area contributed by atoms with Crippen LogP contribution >= 0.6 is 0 Å². The number of likely N-dealkylation sites (N-methyl/N-ethyl adjacent to an activating group) is 1. The Kier molecular flexibility index (Phi) is 7.97. The Morgan fingerprint density at radius 2 is 1.14 bits per heavy atom. The first-order chi connectivity index (χ1) is 18.7. The van der Waals surface area contributed by atoms with E-state index in [9.17, 15) is 64.8 Å². The van der Waals surface area contributed by atoms with Gasteiger partial charge in [0, 0.05) is 29.4 Å². The lowest BCUT2D eigenvalue weighted by Crippen LogP contribution is -2.29. The maximum Gasteiger partial charge on any atom is 0.501 e. The van der Waals surface area contributed by atoms with Crippen LogP contribution < -0.4 is 4.90 Å². The van der Waals surface area contributed by atoms with E-state index in [4.69, 9.17) is 0 Å². The number of hydrogen-bond donors (Lipinski definition) is 0. The molecule has 42 heavy (non-hydrogen) atoms. The van der Waals surface area contributed by atoms with Gasteiger partial charge in [-0.1, -0.05) is 44.2 Å². The third-order valence-electron chi connectivity index (χ3n) is 6.34. The highest BCUT2D eigenvalue weighted by Gasteiger charge is 2.54. The summed E-state index contributed by atoms with van der Waals surface area (Å²) in [6.07, 6.45) is 1.99. The summed E-state index contributed by atoms with van der Waals surface area (Å²) in [6.45, 7) is 3.37. The molecule has 2 aromatic carbocycles. The zero-order valence-corrected chi connectivity index (χ0v) is 23.7. The molecule has 0 atom stereocenters. The molecule has 0 saturated heterocycles. The molecule has 19 heteroatoms. The second kappa shape index (κ2) is 10.0. The van der Waals surface area contributed by atoms with Crippen LogP contribution in [0.4, 0.5) is 45.2 Å². The number of fused-ring (bicyclic) bond motifs is 1. The summed E-state index contributed by atoms with van der Waals surface area (Å²) >= 11 is 0. The maximum atomic E-state index is 13.5. The second-order valence-electron chi connectivity index (χ2n) is 9.29. The first-order valence-corrected chi connectivity index (χ1v) is 15.5. The number of allylic oxidation sites excluding steroid dienone is 3. The van der Waals surface area contributed by atoms with Gasteiger partial charge in [0.2, 0.25) is 0 Å². The summed E-state index contributed by atoms with van der Waals surface area (Å²) in [5.41, 5.74) is -20.1. The molecule has 1 aliphatic rings. The van der Waals surface area contributed by atoms with Crippen LogP contribution in [-0.2, 0) is 34.9 Å². The van der Waals surface area contributed by atoms with E-state index in [0.29, 0.717) is 17.5 Å². The molecule has 0 amide bonds. The number of hydrogen-bond acceptors (Lipinski definition) is 7. The molecule has 0 bridgehead atoms. The van der Waals surface area contributed by atoms with Gasteiger partial charge in [-0.25, -0.2) is 25.3 Å². The Bertz CT molecular complexity index is 1750. The SMILES string of the molecule is CN1/C(=C\C=C\c2c(S(=O)(=O)C(F)(F)F)cc(S(=O)(=O)C(F)(F)F)cc2S(=O)(=O)C(F)(F)F)C(C)(C)c2ccccc21. The molecule has 3 rings (SSSR count). The molecule has 0 aromatic heterocycles. The van der Waals surface area contributed by atoms with Gasteiger partial charge in [0.15, 0.2) is 0 Å². The average Bonchev–Trinajstić information content (AvgIpc) is 3.02. The van der Waals surface area contributed by atoms with Gasteiger partial charge in [0.25, 0.3) is 29.5 Å². The summed E-state index contributed by atoms with van der Waals surface area (Å²) in [4.78, 5) is -5.82. The molecule has 7 nitrogen and oxygen atoms in total. The summed E-state index contributed by atoms with van der Waals surface area (Å²) in [5, 5.41) is 0. The molecule has 0 aliphatic carbocycles. The lowest BCUT2D eigenvalue weighted by molar-refractivity contribution is -0.0438. The third-order valence-corrected chi connectivity index (χ3v) is 10.9. The van der Waals surface area contributed by atoms with Crippen molar-refractivity contribution >= 4 is 41.3 Å². The van der Waals surface area contributed by atoms with Crippen LogP contribution in [-0.4, -0.2) is 48.8 Å². The van der Waals surface area contributed by atoms with Gasteiger partial charge >= 0.3 is 16.5 Å². The minimum absolute atomic E-state index is 0.196. The van der Waals surface area contributed by atoms with E-state index in [1.807, 2.05) is 0 Å². The first-order valence-electron chi connectivity index (χ1n) is 11.0. The van der Waals surface area contributed by atoms with E-state index in [0.717, 1.165) is 11.6 Å². The van der Waals surface area contributed by atoms with Gasteiger partial charge in [0.1, 0.15) is 0 Å². The highest BCUT2D eigenvalue weighted by Crippen LogP contribution is 2.47. The van der Waals surface area contributed by atoms with Crippen LogP contribution in [0.15, 0.2) is 68.9 Å². The minimum Gasteiger partial charge on any atom is -0.347 e. The Hall–Kier alpha value is -3.06. The van der Waals surface area contributed by atoms with Crippen molar-refractivity contribution in [2.45, 2.75) is 50.5 Å². The lowest BCUT2D eigenvalue weighted by atomic mass is 9.84. The fourth-order valence-corrected chi connectivity index (χ4v) is 7.29. The van der Waals surface area contributed by atoms with Gasteiger partial charge in [-0.15, -0.1) is 0 Å². The first kappa shape index (κ1) is 33.4. The van der Waals surface area contributed by atoms with Crippen LogP contribution in [0, 0.1) is 0 Å². The van der Waals surface area contributed by atoms with Crippen LogP contribution in [0.1, 0.15) is 25.0 Å². The largest absolute Gasteiger partial charge is 0.501 e. The van der Waals surface area contributed by atoms with Crippen molar-refractivity contribution in [3.8, 4) is 0 Å². The van der Waals surface area contributed by atoms with E-state index in [1.165, 1.54) is 0 Å². The van der Waals surface area contributed by atoms with E-state index >= 15 is 0 Å². The van der Waals surface area contributed by atoms with Gasteiger partial charge in [-0.2, -0.15) is 39.5 Å². The molecule has 0 radical (unpaired) electrons. The zero-order valence-electron chi connectivity index (χ0n) is 21.2.